The Kier molecular flexibility index (Phi) is 5.56. The van der Waals surface area contributed by atoms with Crippen molar-refractivity contribution >= 4 is 34.0 Å². The minimum atomic E-state index is -3.59. The predicted molar refractivity (Wildman–Crippen MR) is 92.6 cm³/mol. The van der Waals surface area contributed by atoms with Crippen LogP contribution in [0.2, 0.25) is 5.02 Å². The van der Waals surface area contributed by atoms with Crippen LogP contribution in [0.5, 0.6) is 0 Å². The van der Waals surface area contributed by atoms with Crippen LogP contribution in [0, 0.1) is 0 Å². The van der Waals surface area contributed by atoms with E-state index < -0.39 is 15.6 Å². The van der Waals surface area contributed by atoms with Crippen molar-refractivity contribution < 1.29 is 12.9 Å². The molecular formula is C14H18Cl2N4O3S. The summed E-state index contributed by atoms with van der Waals surface area (Å²) in [6.45, 7) is 0. The number of hydrogen-bond acceptors (Lipinski definition) is 6. The molecule has 0 radical (unpaired) electrons. The molecule has 0 amide bonds. The van der Waals surface area contributed by atoms with Crippen molar-refractivity contribution in [2.75, 3.05) is 7.05 Å². The van der Waals surface area contributed by atoms with Gasteiger partial charge in [-0.15, -0.1) is 12.4 Å². The molecule has 2 aromatic rings. The molecular weight excluding hydrogens is 375 g/mol. The van der Waals surface area contributed by atoms with Gasteiger partial charge >= 0.3 is 0 Å². The molecule has 0 atom stereocenters. The number of nitrogens with one attached hydrogen (secondary N) is 1. The molecule has 3 rings (SSSR count). The molecule has 1 aromatic carbocycles. The van der Waals surface area contributed by atoms with E-state index in [4.69, 9.17) is 21.9 Å². The summed E-state index contributed by atoms with van der Waals surface area (Å²) < 4.78 is 31.4. The van der Waals surface area contributed by atoms with Gasteiger partial charge in [-0.1, -0.05) is 29.6 Å². The van der Waals surface area contributed by atoms with Gasteiger partial charge < -0.3 is 10.3 Å². The highest BCUT2D eigenvalue weighted by molar-refractivity contribution is 7.89. The third-order valence-corrected chi connectivity index (χ3v) is 5.86. The van der Waals surface area contributed by atoms with E-state index in [1.165, 1.54) is 25.2 Å². The van der Waals surface area contributed by atoms with Gasteiger partial charge in [-0.3, -0.25) is 0 Å². The van der Waals surface area contributed by atoms with E-state index in [-0.39, 0.29) is 23.2 Å². The van der Waals surface area contributed by atoms with Gasteiger partial charge in [0.15, 0.2) is 5.82 Å². The van der Waals surface area contributed by atoms with Gasteiger partial charge in [0.2, 0.25) is 10.0 Å². The van der Waals surface area contributed by atoms with E-state index in [2.05, 4.69) is 14.9 Å². The molecule has 3 N–H and O–H groups in total. The zero-order valence-electron chi connectivity index (χ0n) is 13.0. The second-order valence-electron chi connectivity index (χ2n) is 5.64. The molecule has 1 aliphatic carbocycles. The van der Waals surface area contributed by atoms with Crippen molar-refractivity contribution in [1.82, 2.24) is 14.9 Å². The largest absolute Gasteiger partial charge is 0.334 e. The summed E-state index contributed by atoms with van der Waals surface area (Å²) in [5.74, 6) is 0.595. The second-order valence-corrected chi connectivity index (χ2v) is 7.93. The molecule has 132 valence electrons. The topological polar surface area (TPSA) is 111 Å². The van der Waals surface area contributed by atoms with Crippen LogP contribution in [0.1, 0.15) is 31.5 Å². The summed E-state index contributed by atoms with van der Waals surface area (Å²) in [7, 11) is -2.25. The van der Waals surface area contributed by atoms with E-state index in [9.17, 15) is 8.42 Å². The van der Waals surface area contributed by atoms with Crippen LogP contribution in [-0.4, -0.2) is 25.6 Å². The van der Waals surface area contributed by atoms with E-state index in [0.29, 0.717) is 16.4 Å². The number of hydrogen-bond donors (Lipinski definition) is 2. The molecule has 0 aliphatic heterocycles. The van der Waals surface area contributed by atoms with Gasteiger partial charge in [-0.2, -0.15) is 4.98 Å². The summed E-state index contributed by atoms with van der Waals surface area (Å²) in [4.78, 5) is 4.41. The average molecular weight is 393 g/mol. The highest BCUT2D eigenvalue weighted by Crippen LogP contribution is 2.36. The number of nitrogens with two attached hydrogens (primary N) is 1. The third kappa shape index (κ3) is 3.43. The minimum Gasteiger partial charge on any atom is -0.334 e. The molecule has 0 unspecified atom stereocenters. The molecule has 1 saturated carbocycles. The van der Waals surface area contributed by atoms with Gasteiger partial charge in [0.25, 0.3) is 5.89 Å². The fourth-order valence-corrected chi connectivity index (χ4v) is 3.67. The smallest absolute Gasteiger partial charge is 0.259 e. The van der Waals surface area contributed by atoms with E-state index in [1.807, 2.05) is 0 Å². The Hall–Kier alpha value is -1.19. The normalized spacial score (nSPS) is 16.8. The van der Waals surface area contributed by atoms with Crippen LogP contribution in [0.15, 0.2) is 27.6 Å². The van der Waals surface area contributed by atoms with Crippen molar-refractivity contribution in [1.29, 1.82) is 0 Å². The Bertz CT molecular complexity index is 832. The Balaban J connectivity index is 0.00000208. The van der Waals surface area contributed by atoms with E-state index in [1.54, 1.807) is 0 Å². The lowest BCUT2D eigenvalue weighted by Gasteiger charge is -2.17. The SMILES string of the molecule is CNS(=O)(=O)c1ccc(Cl)c(-c2nc(C3(N)CCCC3)no2)c1.Cl. The van der Waals surface area contributed by atoms with Gasteiger partial charge in [-0.05, 0) is 38.1 Å². The molecule has 0 bridgehead atoms. The first kappa shape index (κ1) is 19.1. The fourth-order valence-electron chi connectivity index (χ4n) is 2.72. The van der Waals surface area contributed by atoms with Crippen LogP contribution in [0.3, 0.4) is 0 Å². The highest BCUT2D eigenvalue weighted by atomic mass is 35.5. The first-order chi connectivity index (χ1) is 10.9. The van der Waals surface area contributed by atoms with Gasteiger partial charge in [0, 0.05) is 0 Å². The molecule has 24 heavy (non-hydrogen) atoms. The second kappa shape index (κ2) is 6.97. The first-order valence-corrected chi connectivity index (χ1v) is 9.08. The number of rotatable bonds is 4. The highest BCUT2D eigenvalue weighted by Gasteiger charge is 2.36. The van der Waals surface area contributed by atoms with Crippen molar-refractivity contribution in [2.45, 2.75) is 36.1 Å². The molecule has 1 heterocycles. The van der Waals surface area contributed by atoms with Crippen LogP contribution >= 0.6 is 24.0 Å². The van der Waals surface area contributed by atoms with Crippen LogP contribution in [0.25, 0.3) is 11.5 Å². The molecule has 1 aliphatic rings. The number of aromatic nitrogens is 2. The Morgan fingerprint density at radius 3 is 2.62 bits per heavy atom. The standard InChI is InChI=1S/C14H17ClN4O3S.ClH/c1-17-23(20,21)9-4-5-11(15)10(8-9)12-18-13(19-22-12)14(16)6-2-3-7-14;/h4-5,8,17H,2-3,6-7,16H2,1H3;1H. The van der Waals surface area contributed by atoms with Crippen LogP contribution in [-0.2, 0) is 15.6 Å². The summed E-state index contributed by atoms with van der Waals surface area (Å²) in [6, 6.07) is 4.30. The number of nitrogens with zero attached hydrogens (tertiary/aromatic N) is 2. The zero-order valence-corrected chi connectivity index (χ0v) is 15.3. The van der Waals surface area contributed by atoms with Gasteiger partial charge in [-0.25, -0.2) is 13.1 Å². The van der Waals surface area contributed by atoms with E-state index >= 15 is 0 Å². The maximum absolute atomic E-state index is 11.9. The quantitative estimate of drug-likeness (QED) is 0.826. The minimum absolute atomic E-state index is 0. The monoisotopic (exact) mass is 392 g/mol. The lowest BCUT2D eigenvalue weighted by atomic mass is 9.99. The summed E-state index contributed by atoms with van der Waals surface area (Å²) in [5, 5.41) is 4.29. The van der Waals surface area contributed by atoms with Crippen LogP contribution in [0.4, 0.5) is 0 Å². The zero-order chi connectivity index (χ0) is 16.7. The predicted octanol–water partition coefficient (Wildman–Crippen LogP) is 2.45. The molecule has 10 heteroatoms. The molecule has 7 nitrogen and oxygen atoms in total. The summed E-state index contributed by atoms with van der Waals surface area (Å²) >= 11 is 6.15. The molecule has 0 saturated heterocycles. The molecule has 0 spiro atoms. The van der Waals surface area contributed by atoms with Crippen molar-refractivity contribution in [3.63, 3.8) is 0 Å². The average Bonchev–Trinajstić information content (AvgIpc) is 3.17. The maximum Gasteiger partial charge on any atom is 0.259 e. The number of sulfonamides is 1. The van der Waals surface area contributed by atoms with Crippen molar-refractivity contribution in [3.05, 3.63) is 29.0 Å². The van der Waals surface area contributed by atoms with Gasteiger partial charge in [0.05, 0.1) is 21.0 Å². The number of halogens is 2. The number of benzene rings is 1. The molecule has 1 fully saturated rings. The fraction of sp³-hybridized carbons (Fsp3) is 0.429. The molecule has 1 aromatic heterocycles. The Morgan fingerprint density at radius 1 is 1.33 bits per heavy atom. The lowest BCUT2D eigenvalue weighted by molar-refractivity contribution is 0.372. The van der Waals surface area contributed by atoms with Gasteiger partial charge in [0.1, 0.15) is 0 Å². The Morgan fingerprint density at radius 2 is 2.00 bits per heavy atom. The third-order valence-electron chi connectivity index (χ3n) is 4.11. The van der Waals surface area contributed by atoms with Crippen molar-refractivity contribution in [2.24, 2.45) is 5.73 Å². The lowest BCUT2D eigenvalue weighted by Crippen LogP contribution is -2.34. The maximum atomic E-state index is 11.9. The van der Waals surface area contributed by atoms with Crippen molar-refractivity contribution in [3.8, 4) is 11.5 Å². The summed E-state index contributed by atoms with van der Waals surface area (Å²) in [6.07, 6.45) is 3.65. The first-order valence-electron chi connectivity index (χ1n) is 7.22. The van der Waals surface area contributed by atoms with E-state index in [0.717, 1.165) is 25.7 Å². The summed E-state index contributed by atoms with van der Waals surface area (Å²) in [5.41, 5.74) is 6.09. The van der Waals surface area contributed by atoms with Crippen LogP contribution < -0.4 is 10.5 Å². The Labute approximate surface area is 151 Å².